The van der Waals surface area contributed by atoms with Crippen molar-refractivity contribution >= 4 is 11.9 Å². The third kappa shape index (κ3) is 3.95. The van der Waals surface area contributed by atoms with E-state index in [-0.39, 0.29) is 19.0 Å². The van der Waals surface area contributed by atoms with Crippen molar-refractivity contribution in [3.05, 3.63) is 59.0 Å². The first-order chi connectivity index (χ1) is 10.6. The largest absolute Gasteiger partial charge is 0.465 e. The summed E-state index contributed by atoms with van der Waals surface area (Å²) in [5, 5.41) is 0. The number of benzene rings is 1. The molecule has 0 aliphatic carbocycles. The Balaban J connectivity index is 1.97. The highest BCUT2D eigenvalue weighted by molar-refractivity contribution is 5.89. The lowest BCUT2D eigenvalue weighted by atomic mass is 10.1. The molecule has 0 aliphatic heterocycles. The standard InChI is InChI=1S/C16H16O6/c1-19-10-13-6-7-14(22-13)16(18)21-9-11-4-3-5-12(8-11)15(17)20-2/h3-8H,9-10H2,1-2H3. The van der Waals surface area contributed by atoms with Crippen LogP contribution < -0.4 is 0 Å². The predicted octanol–water partition coefficient (Wildman–Crippen LogP) is 2.57. The summed E-state index contributed by atoms with van der Waals surface area (Å²) in [5.74, 6) is -0.368. The maximum absolute atomic E-state index is 11.9. The quantitative estimate of drug-likeness (QED) is 0.764. The molecular weight excluding hydrogens is 288 g/mol. The van der Waals surface area contributed by atoms with E-state index in [4.69, 9.17) is 13.9 Å². The van der Waals surface area contributed by atoms with E-state index < -0.39 is 11.9 Å². The molecule has 0 unspecified atom stereocenters. The van der Waals surface area contributed by atoms with Crippen LogP contribution in [0.3, 0.4) is 0 Å². The second kappa shape index (κ2) is 7.42. The van der Waals surface area contributed by atoms with Crippen LogP contribution in [-0.4, -0.2) is 26.2 Å². The van der Waals surface area contributed by atoms with E-state index in [1.54, 1.807) is 30.3 Å². The fraction of sp³-hybridized carbons (Fsp3) is 0.250. The average Bonchev–Trinajstić information content (AvgIpc) is 3.01. The van der Waals surface area contributed by atoms with E-state index in [0.717, 1.165) is 0 Å². The van der Waals surface area contributed by atoms with Crippen LogP contribution in [0.25, 0.3) is 0 Å². The van der Waals surface area contributed by atoms with Crippen molar-refractivity contribution in [2.24, 2.45) is 0 Å². The Bertz CT molecular complexity index is 658. The van der Waals surface area contributed by atoms with Crippen molar-refractivity contribution in [2.45, 2.75) is 13.2 Å². The van der Waals surface area contributed by atoms with Gasteiger partial charge in [0.15, 0.2) is 0 Å². The monoisotopic (exact) mass is 304 g/mol. The lowest BCUT2D eigenvalue weighted by Crippen LogP contribution is -2.06. The zero-order chi connectivity index (χ0) is 15.9. The molecule has 0 atom stereocenters. The topological polar surface area (TPSA) is 75.0 Å². The zero-order valence-electron chi connectivity index (χ0n) is 12.3. The van der Waals surface area contributed by atoms with Crippen LogP contribution in [-0.2, 0) is 27.4 Å². The van der Waals surface area contributed by atoms with Gasteiger partial charge in [-0.3, -0.25) is 0 Å². The van der Waals surface area contributed by atoms with Gasteiger partial charge >= 0.3 is 11.9 Å². The van der Waals surface area contributed by atoms with Crippen LogP contribution in [0.1, 0.15) is 32.2 Å². The van der Waals surface area contributed by atoms with Gasteiger partial charge in [0.05, 0.1) is 12.7 Å². The molecule has 1 heterocycles. The summed E-state index contributed by atoms with van der Waals surface area (Å²) in [5.41, 5.74) is 1.08. The molecule has 0 radical (unpaired) electrons. The summed E-state index contributed by atoms with van der Waals surface area (Å²) >= 11 is 0. The summed E-state index contributed by atoms with van der Waals surface area (Å²) in [7, 11) is 2.85. The molecule has 6 heteroatoms. The molecule has 0 bridgehead atoms. The number of hydrogen-bond donors (Lipinski definition) is 0. The van der Waals surface area contributed by atoms with Gasteiger partial charge in [-0.1, -0.05) is 12.1 Å². The van der Waals surface area contributed by atoms with Gasteiger partial charge in [-0.25, -0.2) is 9.59 Å². The summed E-state index contributed by atoms with van der Waals surface area (Å²) < 4.78 is 20.0. The third-order valence-corrected chi connectivity index (χ3v) is 2.87. The van der Waals surface area contributed by atoms with Crippen molar-refractivity contribution in [2.75, 3.05) is 14.2 Å². The van der Waals surface area contributed by atoms with Crippen molar-refractivity contribution in [3.63, 3.8) is 0 Å². The van der Waals surface area contributed by atoms with Gasteiger partial charge in [0.2, 0.25) is 5.76 Å². The number of carbonyl (C=O) groups excluding carboxylic acids is 2. The summed E-state index contributed by atoms with van der Waals surface area (Å²) in [6.45, 7) is 0.318. The van der Waals surface area contributed by atoms with Gasteiger partial charge in [0.1, 0.15) is 19.0 Å². The van der Waals surface area contributed by atoms with Crippen molar-refractivity contribution in [3.8, 4) is 0 Å². The SMILES string of the molecule is COCc1ccc(C(=O)OCc2cccc(C(=O)OC)c2)o1. The molecule has 0 saturated carbocycles. The Hall–Kier alpha value is -2.60. The minimum Gasteiger partial charge on any atom is -0.465 e. The van der Waals surface area contributed by atoms with E-state index in [2.05, 4.69) is 4.74 Å². The number of ether oxygens (including phenoxy) is 3. The van der Waals surface area contributed by atoms with Gasteiger partial charge in [0.25, 0.3) is 0 Å². The molecule has 2 rings (SSSR count). The van der Waals surface area contributed by atoms with Crippen LogP contribution in [0.4, 0.5) is 0 Å². The van der Waals surface area contributed by atoms with Crippen molar-refractivity contribution in [1.29, 1.82) is 0 Å². The van der Waals surface area contributed by atoms with Crippen LogP contribution in [0.15, 0.2) is 40.8 Å². The molecule has 0 spiro atoms. The van der Waals surface area contributed by atoms with Crippen LogP contribution in [0, 0.1) is 0 Å². The van der Waals surface area contributed by atoms with Gasteiger partial charge in [-0.2, -0.15) is 0 Å². The van der Waals surface area contributed by atoms with Crippen molar-refractivity contribution in [1.82, 2.24) is 0 Å². The summed E-state index contributed by atoms with van der Waals surface area (Å²) in [4.78, 5) is 23.3. The molecule has 0 saturated heterocycles. The normalized spacial score (nSPS) is 10.3. The van der Waals surface area contributed by atoms with Gasteiger partial charge in [0, 0.05) is 7.11 Å². The van der Waals surface area contributed by atoms with Crippen LogP contribution >= 0.6 is 0 Å². The Kier molecular flexibility index (Phi) is 5.32. The number of esters is 2. The van der Waals surface area contributed by atoms with E-state index in [1.165, 1.54) is 20.3 Å². The van der Waals surface area contributed by atoms with Gasteiger partial charge < -0.3 is 18.6 Å². The fourth-order valence-corrected chi connectivity index (χ4v) is 1.83. The minimum atomic E-state index is -0.578. The highest BCUT2D eigenvalue weighted by Gasteiger charge is 2.13. The summed E-state index contributed by atoms with van der Waals surface area (Å²) in [6.07, 6.45) is 0. The molecule has 0 amide bonds. The molecule has 0 N–H and O–H groups in total. The van der Waals surface area contributed by atoms with Gasteiger partial charge in [-0.15, -0.1) is 0 Å². The first-order valence-electron chi connectivity index (χ1n) is 6.56. The first-order valence-corrected chi connectivity index (χ1v) is 6.56. The molecule has 6 nitrogen and oxygen atoms in total. The molecule has 0 aliphatic rings. The molecule has 116 valence electrons. The fourth-order valence-electron chi connectivity index (χ4n) is 1.83. The second-order valence-electron chi connectivity index (χ2n) is 4.47. The Labute approximate surface area is 127 Å². The maximum atomic E-state index is 11.9. The number of furan rings is 1. The lowest BCUT2D eigenvalue weighted by molar-refractivity contribution is 0.0429. The highest BCUT2D eigenvalue weighted by Crippen LogP contribution is 2.13. The van der Waals surface area contributed by atoms with E-state index in [9.17, 15) is 9.59 Å². The minimum absolute atomic E-state index is 0.0317. The molecule has 1 aromatic carbocycles. The zero-order valence-corrected chi connectivity index (χ0v) is 12.3. The third-order valence-electron chi connectivity index (χ3n) is 2.87. The highest BCUT2D eigenvalue weighted by atomic mass is 16.5. The predicted molar refractivity (Wildman–Crippen MR) is 76.3 cm³/mol. The number of hydrogen-bond acceptors (Lipinski definition) is 6. The lowest BCUT2D eigenvalue weighted by Gasteiger charge is -2.05. The summed E-state index contributed by atoms with van der Waals surface area (Å²) in [6, 6.07) is 9.86. The Morgan fingerprint density at radius 3 is 2.59 bits per heavy atom. The smallest absolute Gasteiger partial charge is 0.374 e. The van der Waals surface area contributed by atoms with E-state index in [1.807, 2.05) is 0 Å². The Morgan fingerprint density at radius 2 is 1.86 bits per heavy atom. The molecule has 0 fully saturated rings. The number of rotatable bonds is 6. The number of methoxy groups -OCH3 is 2. The molecular formula is C16H16O6. The second-order valence-corrected chi connectivity index (χ2v) is 4.47. The Morgan fingerprint density at radius 1 is 1.05 bits per heavy atom. The van der Waals surface area contributed by atoms with Crippen LogP contribution in [0.2, 0.25) is 0 Å². The molecule has 2 aromatic rings. The average molecular weight is 304 g/mol. The number of carbonyl (C=O) groups is 2. The molecule has 22 heavy (non-hydrogen) atoms. The van der Waals surface area contributed by atoms with Crippen LogP contribution in [0.5, 0.6) is 0 Å². The molecule has 1 aromatic heterocycles. The first kappa shape index (κ1) is 15.8. The van der Waals surface area contributed by atoms with Gasteiger partial charge in [-0.05, 0) is 29.8 Å². The van der Waals surface area contributed by atoms with E-state index in [0.29, 0.717) is 16.9 Å². The maximum Gasteiger partial charge on any atom is 0.374 e. The van der Waals surface area contributed by atoms with Crippen molar-refractivity contribution < 1.29 is 28.2 Å². The van der Waals surface area contributed by atoms with E-state index >= 15 is 0 Å².